The topological polar surface area (TPSA) is 55.6 Å². The number of aryl methyl sites for hydroxylation is 2. The van der Waals surface area contributed by atoms with Gasteiger partial charge in [-0.3, -0.25) is 4.68 Å². The van der Waals surface area contributed by atoms with E-state index in [2.05, 4.69) is 43.2 Å². The van der Waals surface area contributed by atoms with E-state index in [1.54, 1.807) is 6.20 Å². The lowest BCUT2D eigenvalue weighted by Crippen LogP contribution is -2.04. The van der Waals surface area contributed by atoms with Crippen LogP contribution in [0, 0.1) is 13.8 Å². The Labute approximate surface area is 108 Å². The number of hydrogen-bond donors (Lipinski definition) is 1. The van der Waals surface area contributed by atoms with Gasteiger partial charge < -0.3 is 5.32 Å². The van der Waals surface area contributed by atoms with Crippen LogP contribution in [0.3, 0.4) is 0 Å². The molecular weight excluding hydrogens is 282 g/mol. The summed E-state index contributed by atoms with van der Waals surface area (Å²) in [6.07, 6.45) is 3.24. The fourth-order valence-corrected chi connectivity index (χ4v) is 2.05. The highest BCUT2D eigenvalue weighted by Crippen LogP contribution is 2.19. The Morgan fingerprint density at radius 2 is 2.18 bits per heavy atom. The lowest BCUT2D eigenvalue weighted by molar-refractivity contribution is 0.730. The Balaban J connectivity index is 2.15. The van der Waals surface area contributed by atoms with E-state index in [0.717, 1.165) is 16.0 Å². The summed E-state index contributed by atoms with van der Waals surface area (Å²) in [6, 6.07) is 0. The SMILES string of the molecule is Cc1nn(C)c(C)c1CNc1ncncc1Br. The quantitative estimate of drug-likeness (QED) is 0.943. The van der Waals surface area contributed by atoms with Crippen LogP contribution in [-0.4, -0.2) is 19.7 Å². The monoisotopic (exact) mass is 295 g/mol. The van der Waals surface area contributed by atoms with Gasteiger partial charge in [0.15, 0.2) is 0 Å². The highest BCUT2D eigenvalue weighted by Gasteiger charge is 2.09. The average molecular weight is 296 g/mol. The van der Waals surface area contributed by atoms with Crippen molar-refractivity contribution < 1.29 is 0 Å². The maximum absolute atomic E-state index is 4.38. The zero-order valence-electron chi connectivity index (χ0n) is 10.0. The summed E-state index contributed by atoms with van der Waals surface area (Å²) < 4.78 is 2.75. The number of aromatic nitrogens is 4. The second-order valence-electron chi connectivity index (χ2n) is 3.85. The number of hydrogen-bond acceptors (Lipinski definition) is 4. The number of rotatable bonds is 3. The van der Waals surface area contributed by atoms with E-state index in [1.807, 2.05) is 18.7 Å². The first kappa shape index (κ1) is 12.0. The van der Waals surface area contributed by atoms with Crippen molar-refractivity contribution in [3.8, 4) is 0 Å². The van der Waals surface area contributed by atoms with Crippen LogP contribution in [0.15, 0.2) is 17.0 Å². The van der Waals surface area contributed by atoms with Gasteiger partial charge in [0.1, 0.15) is 12.1 Å². The van der Waals surface area contributed by atoms with E-state index >= 15 is 0 Å². The van der Waals surface area contributed by atoms with Gasteiger partial charge in [0.25, 0.3) is 0 Å². The summed E-state index contributed by atoms with van der Waals surface area (Å²) >= 11 is 3.40. The molecule has 0 aliphatic carbocycles. The van der Waals surface area contributed by atoms with Crippen LogP contribution in [0.25, 0.3) is 0 Å². The Bertz CT molecular complexity index is 535. The molecule has 0 spiro atoms. The first-order valence-electron chi connectivity index (χ1n) is 5.28. The Hall–Kier alpha value is -1.43. The molecule has 1 N–H and O–H groups in total. The van der Waals surface area contributed by atoms with Crippen LogP contribution in [0.4, 0.5) is 5.82 Å². The Morgan fingerprint density at radius 3 is 2.76 bits per heavy atom. The van der Waals surface area contributed by atoms with Crippen molar-refractivity contribution in [1.82, 2.24) is 19.7 Å². The van der Waals surface area contributed by atoms with Gasteiger partial charge >= 0.3 is 0 Å². The van der Waals surface area contributed by atoms with E-state index in [-0.39, 0.29) is 0 Å². The zero-order chi connectivity index (χ0) is 12.4. The van der Waals surface area contributed by atoms with Gasteiger partial charge in [-0.2, -0.15) is 5.10 Å². The van der Waals surface area contributed by atoms with Gasteiger partial charge in [-0.1, -0.05) is 0 Å². The minimum atomic E-state index is 0.709. The van der Waals surface area contributed by atoms with E-state index in [0.29, 0.717) is 6.54 Å². The van der Waals surface area contributed by atoms with Crippen molar-refractivity contribution in [1.29, 1.82) is 0 Å². The predicted octanol–water partition coefficient (Wildman–Crippen LogP) is 2.20. The minimum absolute atomic E-state index is 0.709. The third kappa shape index (κ3) is 2.46. The van der Waals surface area contributed by atoms with Gasteiger partial charge in [-0.15, -0.1) is 0 Å². The summed E-state index contributed by atoms with van der Waals surface area (Å²) in [7, 11) is 1.95. The fourth-order valence-electron chi connectivity index (χ4n) is 1.69. The van der Waals surface area contributed by atoms with Crippen LogP contribution < -0.4 is 5.32 Å². The molecular formula is C11H14BrN5. The molecule has 2 rings (SSSR count). The summed E-state index contributed by atoms with van der Waals surface area (Å²) in [5, 5.41) is 7.65. The first-order valence-corrected chi connectivity index (χ1v) is 6.07. The maximum atomic E-state index is 4.38. The second-order valence-corrected chi connectivity index (χ2v) is 4.70. The van der Waals surface area contributed by atoms with Crippen LogP contribution in [0.1, 0.15) is 17.0 Å². The van der Waals surface area contributed by atoms with Gasteiger partial charge in [-0.05, 0) is 29.8 Å². The molecule has 0 amide bonds. The summed E-state index contributed by atoms with van der Waals surface area (Å²) in [4.78, 5) is 8.09. The van der Waals surface area contributed by atoms with Gasteiger partial charge in [0.05, 0.1) is 10.2 Å². The minimum Gasteiger partial charge on any atom is -0.365 e. The van der Waals surface area contributed by atoms with Crippen LogP contribution in [-0.2, 0) is 13.6 Å². The van der Waals surface area contributed by atoms with E-state index in [1.165, 1.54) is 17.6 Å². The molecule has 0 saturated heterocycles. The molecule has 0 atom stereocenters. The standard InChI is InChI=1S/C11H14BrN5/c1-7-9(8(2)17(3)16-7)4-14-11-10(12)5-13-6-15-11/h5-6H,4H2,1-3H3,(H,13,14,15). The van der Waals surface area contributed by atoms with Crippen LogP contribution in [0.2, 0.25) is 0 Å². The Kier molecular flexibility index (Phi) is 3.42. The third-order valence-electron chi connectivity index (χ3n) is 2.76. The number of anilines is 1. The van der Waals surface area contributed by atoms with Crippen LogP contribution in [0.5, 0.6) is 0 Å². The molecule has 2 aromatic heterocycles. The molecule has 5 nitrogen and oxygen atoms in total. The second kappa shape index (κ2) is 4.83. The summed E-state index contributed by atoms with van der Waals surface area (Å²) in [5.41, 5.74) is 3.42. The molecule has 0 aliphatic rings. The molecule has 17 heavy (non-hydrogen) atoms. The molecule has 90 valence electrons. The van der Waals surface area contributed by atoms with Crippen molar-refractivity contribution in [2.24, 2.45) is 7.05 Å². The largest absolute Gasteiger partial charge is 0.365 e. The molecule has 0 saturated carbocycles. The molecule has 0 aliphatic heterocycles. The lowest BCUT2D eigenvalue weighted by Gasteiger charge is -2.07. The summed E-state index contributed by atoms with van der Waals surface area (Å²) in [5.74, 6) is 0.794. The molecule has 0 radical (unpaired) electrons. The van der Waals surface area contributed by atoms with Gasteiger partial charge in [0, 0.05) is 31.0 Å². The number of halogens is 1. The van der Waals surface area contributed by atoms with Gasteiger partial charge in [0.2, 0.25) is 0 Å². The summed E-state index contributed by atoms with van der Waals surface area (Å²) in [6.45, 7) is 4.78. The molecule has 0 unspecified atom stereocenters. The molecule has 0 bridgehead atoms. The Morgan fingerprint density at radius 1 is 1.41 bits per heavy atom. The predicted molar refractivity (Wildman–Crippen MR) is 69.7 cm³/mol. The average Bonchev–Trinajstić information content (AvgIpc) is 2.53. The van der Waals surface area contributed by atoms with Crippen molar-refractivity contribution in [2.75, 3.05) is 5.32 Å². The van der Waals surface area contributed by atoms with Crippen LogP contribution >= 0.6 is 15.9 Å². The lowest BCUT2D eigenvalue weighted by atomic mass is 10.2. The number of nitrogens with zero attached hydrogens (tertiary/aromatic N) is 4. The molecule has 2 heterocycles. The molecule has 2 aromatic rings. The molecule has 0 aromatic carbocycles. The highest BCUT2D eigenvalue weighted by atomic mass is 79.9. The maximum Gasteiger partial charge on any atom is 0.144 e. The van der Waals surface area contributed by atoms with E-state index < -0.39 is 0 Å². The van der Waals surface area contributed by atoms with E-state index in [9.17, 15) is 0 Å². The zero-order valence-corrected chi connectivity index (χ0v) is 11.6. The van der Waals surface area contributed by atoms with Crippen molar-refractivity contribution >= 4 is 21.7 Å². The highest BCUT2D eigenvalue weighted by molar-refractivity contribution is 9.10. The van der Waals surface area contributed by atoms with Crippen molar-refractivity contribution in [2.45, 2.75) is 20.4 Å². The molecule has 0 fully saturated rings. The van der Waals surface area contributed by atoms with Gasteiger partial charge in [-0.25, -0.2) is 9.97 Å². The fraction of sp³-hybridized carbons (Fsp3) is 0.364. The molecule has 6 heteroatoms. The number of nitrogens with one attached hydrogen (secondary N) is 1. The van der Waals surface area contributed by atoms with Crippen molar-refractivity contribution in [3.05, 3.63) is 33.9 Å². The third-order valence-corrected chi connectivity index (χ3v) is 3.34. The normalized spacial score (nSPS) is 10.6. The smallest absolute Gasteiger partial charge is 0.144 e. The van der Waals surface area contributed by atoms with E-state index in [4.69, 9.17) is 0 Å². The van der Waals surface area contributed by atoms with Crippen molar-refractivity contribution in [3.63, 3.8) is 0 Å². The first-order chi connectivity index (χ1) is 8.09.